The minimum absolute atomic E-state index is 0.122. The van der Waals surface area contributed by atoms with E-state index in [9.17, 15) is 9.59 Å². The lowest BCUT2D eigenvalue weighted by atomic mass is 10.0. The molecule has 1 heterocycles. The van der Waals surface area contributed by atoms with Gasteiger partial charge in [-0.3, -0.25) is 4.79 Å². The molecule has 0 aromatic heterocycles. The number of rotatable bonds is 4. The van der Waals surface area contributed by atoms with Crippen LogP contribution in [0.25, 0.3) is 0 Å². The molecule has 4 heteroatoms. The second-order valence-corrected chi connectivity index (χ2v) is 5.29. The van der Waals surface area contributed by atoms with E-state index in [0.29, 0.717) is 12.5 Å². The smallest absolute Gasteiger partial charge is 0.416 e. The van der Waals surface area contributed by atoms with Gasteiger partial charge in [0, 0.05) is 0 Å². The van der Waals surface area contributed by atoms with Crippen LogP contribution in [0.1, 0.15) is 25.8 Å². The van der Waals surface area contributed by atoms with Gasteiger partial charge in [0.25, 0.3) is 0 Å². The average molecular weight is 261 g/mol. The summed E-state index contributed by atoms with van der Waals surface area (Å²) in [5.74, 6) is 0.242. The van der Waals surface area contributed by atoms with Crippen LogP contribution in [0.15, 0.2) is 30.3 Å². The normalized spacial score (nSPS) is 18.8. The van der Waals surface area contributed by atoms with Crippen molar-refractivity contribution in [2.24, 2.45) is 5.92 Å². The van der Waals surface area contributed by atoms with Gasteiger partial charge < -0.3 is 4.74 Å². The van der Waals surface area contributed by atoms with Crippen LogP contribution in [0.4, 0.5) is 4.79 Å². The molecule has 0 N–H and O–H groups in total. The van der Waals surface area contributed by atoms with E-state index in [-0.39, 0.29) is 18.4 Å². The highest BCUT2D eigenvalue weighted by Crippen LogP contribution is 2.20. The van der Waals surface area contributed by atoms with Crippen molar-refractivity contribution in [3.05, 3.63) is 35.9 Å². The van der Waals surface area contributed by atoms with E-state index in [1.165, 1.54) is 4.90 Å². The minimum atomic E-state index is -0.508. The molecule has 1 aromatic rings. The molecule has 1 atom stereocenters. The van der Waals surface area contributed by atoms with Gasteiger partial charge >= 0.3 is 6.09 Å². The maximum Gasteiger partial charge on any atom is 0.416 e. The fourth-order valence-electron chi connectivity index (χ4n) is 2.34. The third-order valence-electron chi connectivity index (χ3n) is 3.17. The number of benzene rings is 1. The number of cyclic esters (lactones) is 1. The summed E-state index contributed by atoms with van der Waals surface area (Å²) < 4.78 is 5.00. The van der Waals surface area contributed by atoms with Gasteiger partial charge in [0.15, 0.2) is 0 Å². The summed E-state index contributed by atoms with van der Waals surface area (Å²) in [6.07, 6.45) is 0.517. The van der Waals surface area contributed by atoms with Gasteiger partial charge in [-0.2, -0.15) is 0 Å². The molecule has 19 heavy (non-hydrogen) atoms. The maximum atomic E-state index is 12.2. The zero-order valence-corrected chi connectivity index (χ0v) is 11.3. The van der Waals surface area contributed by atoms with Crippen molar-refractivity contribution >= 4 is 12.0 Å². The van der Waals surface area contributed by atoms with Crippen molar-refractivity contribution in [2.75, 3.05) is 6.61 Å². The lowest BCUT2D eigenvalue weighted by Crippen LogP contribution is -2.40. The monoisotopic (exact) mass is 261 g/mol. The van der Waals surface area contributed by atoms with Crippen LogP contribution in [0.5, 0.6) is 0 Å². The number of hydrogen-bond acceptors (Lipinski definition) is 3. The third kappa shape index (κ3) is 3.34. The van der Waals surface area contributed by atoms with Gasteiger partial charge in [-0.05, 0) is 17.9 Å². The number of amides is 2. The first-order chi connectivity index (χ1) is 9.08. The second-order valence-electron chi connectivity index (χ2n) is 5.29. The summed E-state index contributed by atoms with van der Waals surface area (Å²) in [4.78, 5) is 25.2. The third-order valence-corrected chi connectivity index (χ3v) is 3.17. The van der Waals surface area contributed by atoms with Gasteiger partial charge in [0.2, 0.25) is 5.91 Å². The second kappa shape index (κ2) is 5.87. The van der Waals surface area contributed by atoms with Crippen LogP contribution >= 0.6 is 0 Å². The van der Waals surface area contributed by atoms with Crippen molar-refractivity contribution in [1.29, 1.82) is 0 Å². The van der Waals surface area contributed by atoms with Crippen LogP contribution in [0.3, 0.4) is 0 Å². The van der Waals surface area contributed by atoms with Crippen LogP contribution in [0.2, 0.25) is 0 Å². The van der Waals surface area contributed by atoms with E-state index in [1.807, 2.05) is 30.3 Å². The topological polar surface area (TPSA) is 46.6 Å². The van der Waals surface area contributed by atoms with Crippen molar-refractivity contribution in [2.45, 2.75) is 32.7 Å². The largest absolute Gasteiger partial charge is 0.447 e. The molecule has 1 aromatic carbocycles. The lowest BCUT2D eigenvalue weighted by molar-refractivity contribution is -0.128. The number of ether oxygens (including phenoxy) is 1. The molecule has 0 bridgehead atoms. The number of carbonyl (C=O) groups is 2. The Morgan fingerprint density at radius 1 is 1.37 bits per heavy atom. The molecular weight excluding hydrogens is 242 g/mol. The van der Waals surface area contributed by atoms with E-state index >= 15 is 0 Å². The SMILES string of the molecule is CC(C)C[C@H]1COC(=O)N1C(=O)Cc1ccccc1. The number of hydrogen-bond donors (Lipinski definition) is 0. The molecule has 0 spiro atoms. The van der Waals surface area contributed by atoms with Gasteiger partial charge in [0.1, 0.15) is 6.61 Å². The summed E-state index contributed by atoms with van der Waals surface area (Å²) in [5, 5.41) is 0. The Bertz CT molecular complexity index is 456. The van der Waals surface area contributed by atoms with E-state index in [1.54, 1.807) is 0 Å². The number of nitrogens with zero attached hydrogens (tertiary/aromatic N) is 1. The molecule has 1 fully saturated rings. The Morgan fingerprint density at radius 3 is 2.68 bits per heavy atom. The van der Waals surface area contributed by atoms with E-state index < -0.39 is 6.09 Å². The summed E-state index contributed by atoms with van der Waals surface area (Å²) in [7, 11) is 0. The quantitative estimate of drug-likeness (QED) is 0.837. The highest BCUT2D eigenvalue weighted by Gasteiger charge is 2.37. The van der Waals surface area contributed by atoms with Gasteiger partial charge in [-0.15, -0.1) is 0 Å². The zero-order valence-electron chi connectivity index (χ0n) is 11.3. The van der Waals surface area contributed by atoms with Crippen molar-refractivity contribution < 1.29 is 14.3 Å². The molecule has 0 radical (unpaired) electrons. The summed E-state index contributed by atoms with van der Waals surface area (Å²) in [6.45, 7) is 4.46. The molecule has 0 aliphatic carbocycles. The van der Waals surface area contributed by atoms with Crippen molar-refractivity contribution in [1.82, 2.24) is 4.90 Å². The summed E-state index contributed by atoms with van der Waals surface area (Å²) in [5.41, 5.74) is 0.912. The lowest BCUT2D eigenvalue weighted by Gasteiger charge is -2.21. The first-order valence-corrected chi connectivity index (χ1v) is 6.60. The highest BCUT2D eigenvalue weighted by atomic mass is 16.6. The molecule has 0 saturated carbocycles. The fourth-order valence-corrected chi connectivity index (χ4v) is 2.34. The molecule has 1 aliphatic rings. The van der Waals surface area contributed by atoms with Crippen molar-refractivity contribution in [3.8, 4) is 0 Å². The Kier molecular flexibility index (Phi) is 4.20. The Labute approximate surface area is 113 Å². The van der Waals surface area contributed by atoms with E-state index in [2.05, 4.69) is 13.8 Å². The fraction of sp³-hybridized carbons (Fsp3) is 0.467. The Hall–Kier alpha value is -1.84. The van der Waals surface area contributed by atoms with Gasteiger partial charge in [-0.25, -0.2) is 9.69 Å². The molecule has 2 rings (SSSR count). The maximum absolute atomic E-state index is 12.2. The molecule has 1 aliphatic heterocycles. The van der Waals surface area contributed by atoms with Crippen LogP contribution in [0, 0.1) is 5.92 Å². The van der Waals surface area contributed by atoms with E-state index in [4.69, 9.17) is 4.74 Å². The molecular formula is C15H19NO3. The average Bonchev–Trinajstić information content (AvgIpc) is 2.71. The van der Waals surface area contributed by atoms with E-state index in [0.717, 1.165) is 12.0 Å². The predicted octanol–water partition coefficient (Wildman–Crippen LogP) is 2.62. The standard InChI is InChI=1S/C15H19NO3/c1-11(2)8-13-10-19-15(18)16(13)14(17)9-12-6-4-3-5-7-12/h3-7,11,13H,8-10H2,1-2H3/t13-/m0/s1. The van der Waals surface area contributed by atoms with Gasteiger partial charge in [0.05, 0.1) is 12.5 Å². The predicted molar refractivity (Wildman–Crippen MR) is 71.6 cm³/mol. The van der Waals surface area contributed by atoms with Gasteiger partial charge in [-0.1, -0.05) is 44.2 Å². The van der Waals surface area contributed by atoms with Crippen molar-refractivity contribution in [3.63, 3.8) is 0 Å². The summed E-state index contributed by atoms with van der Waals surface area (Å²) in [6, 6.07) is 9.32. The molecule has 1 saturated heterocycles. The number of imide groups is 1. The summed E-state index contributed by atoms with van der Waals surface area (Å²) >= 11 is 0. The molecule has 102 valence electrons. The molecule has 4 nitrogen and oxygen atoms in total. The molecule has 0 unspecified atom stereocenters. The molecule has 2 amide bonds. The number of carbonyl (C=O) groups excluding carboxylic acids is 2. The first kappa shape index (κ1) is 13.6. The zero-order chi connectivity index (χ0) is 13.8. The Morgan fingerprint density at radius 2 is 2.05 bits per heavy atom. The van der Waals surface area contributed by atoms with Crippen LogP contribution in [-0.2, 0) is 16.0 Å². The highest BCUT2D eigenvalue weighted by molar-refractivity contribution is 5.94. The Balaban J connectivity index is 2.05. The first-order valence-electron chi connectivity index (χ1n) is 6.60. The van der Waals surface area contributed by atoms with Crippen LogP contribution in [-0.4, -0.2) is 29.5 Å². The minimum Gasteiger partial charge on any atom is -0.447 e. The van der Waals surface area contributed by atoms with Crippen LogP contribution < -0.4 is 0 Å².